The van der Waals surface area contributed by atoms with Crippen LogP contribution in [0.1, 0.15) is 25.3 Å². The number of hydrogen-bond acceptors (Lipinski definition) is 10. The number of fused-ring (bicyclic) bond motifs is 1. The second-order valence-electron chi connectivity index (χ2n) is 6.41. The van der Waals surface area contributed by atoms with Crippen LogP contribution in [0.5, 0.6) is 0 Å². The molecule has 1 aliphatic heterocycles. The Bertz CT molecular complexity index is 1120. The number of amides is 2. The number of nitrogens with two attached hydrogens (primary N) is 2. The number of aromatic amines is 1. The second-order valence-corrected chi connectivity index (χ2v) is 6.41. The van der Waals surface area contributed by atoms with Gasteiger partial charge in [0.05, 0.1) is 29.4 Å². The van der Waals surface area contributed by atoms with Gasteiger partial charge in [0.1, 0.15) is 0 Å². The van der Waals surface area contributed by atoms with Gasteiger partial charge in [0.15, 0.2) is 5.65 Å². The van der Waals surface area contributed by atoms with Crippen molar-refractivity contribution in [2.24, 2.45) is 16.6 Å². The summed E-state index contributed by atoms with van der Waals surface area (Å²) in [6.45, 7) is 2.55. The molecule has 3 aromatic rings. The summed E-state index contributed by atoms with van der Waals surface area (Å²) in [5, 5.41) is 25.7. The van der Waals surface area contributed by atoms with E-state index in [-0.39, 0.29) is 12.4 Å². The lowest BCUT2D eigenvalue weighted by molar-refractivity contribution is -0.145. The predicted octanol–water partition coefficient (Wildman–Crippen LogP) is -1.07. The summed E-state index contributed by atoms with van der Waals surface area (Å²) in [7, 11) is 0. The van der Waals surface area contributed by atoms with Gasteiger partial charge in [-0.05, 0) is 12.1 Å². The Kier molecular flexibility index (Phi) is 4.29. The molecule has 0 spiro atoms. The van der Waals surface area contributed by atoms with Crippen molar-refractivity contribution < 1.29 is 14.4 Å². The van der Waals surface area contributed by atoms with Gasteiger partial charge in [0.25, 0.3) is 11.9 Å². The van der Waals surface area contributed by atoms with E-state index < -0.39 is 23.8 Å². The van der Waals surface area contributed by atoms with Crippen LogP contribution in [-0.4, -0.2) is 58.5 Å². The number of pyridine rings is 1. The number of hydrogen-bond donors (Lipinski definition) is 4. The number of anilines is 2. The Labute approximate surface area is 162 Å². The zero-order valence-electron chi connectivity index (χ0n) is 15.3. The smallest absolute Gasteiger partial charge is 0.267 e. The second kappa shape index (κ2) is 6.81. The SMILES string of the molecule is CCn1ncc2c(Nc3nn[nH]n3)c(C3=NOC(CC(N)=O)(C(N)=O)C3)cnc21. The van der Waals surface area contributed by atoms with E-state index in [9.17, 15) is 9.59 Å². The first-order chi connectivity index (χ1) is 13.9. The van der Waals surface area contributed by atoms with Crippen molar-refractivity contribution in [2.45, 2.75) is 31.9 Å². The first-order valence-electron chi connectivity index (χ1n) is 8.62. The third kappa shape index (κ3) is 3.09. The van der Waals surface area contributed by atoms with Gasteiger partial charge < -0.3 is 21.6 Å². The standard InChI is InChI=1S/C15H17N11O3/c1-2-26-12-8(6-19-26)11(20-14-21-24-25-22-14)7(5-18-12)9-3-15(13(17)28,29-23-9)4-10(16)27/h5-6H,2-4H2,1H3,(H2,16,27)(H2,17,28)(H2,18,20,21,22,24,25). The van der Waals surface area contributed by atoms with Gasteiger partial charge in [-0.3, -0.25) is 9.59 Å². The van der Waals surface area contributed by atoms with Gasteiger partial charge in [0, 0.05) is 24.7 Å². The van der Waals surface area contributed by atoms with Gasteiger partial charge in [-0.1, -0.05) is 10.3 Å². The highest BCUT2D eigenvalue weighted by Crippen LogP contribution is 2.35. The summed E-state index contributed by atoms with van der Waals surface area (Å²) in [4.78, 5) is 33.1. The van der Waals surface area contributed by atoms with E-state index in [4.69, 9.17) is 16.3 Å². The molecule has 14 heteroatoms. The molecule has 14 nitrogen and oxygen atoms in total. The maximum atomic E-state index is 12.0. The summed E-state index contributed by atoms with van der Waals surface area (Å²) in [5.74, 6) is -1.36. The molecule has 0 saturated carbocycles. The van der Waals surface area contributed by atoms with Gasteiger partial charge >= 0.3 is 0 Å². The van der Waals surface area contributed by atoms with Crippen LogP contribution in [0.15, 0.2) is 17.5 Å². The van der Waals surface area contributed by atoms with E-state index >= 15 is 0 Å². The molecule has 1 atom stereocenters. The molecule has 29 heavy (non-hydrogen) atoms. The van der Waals surface area contributed by atoms with Crippen LogP contribution in [0.4, 0.5) is 11.6 Å². The molecular formula is C15H17N11O3. The summed E-state index contributed by atoms with van der Waals surface area (Å²) >= 11 is 0. The largest absolute Gasteiger partial charge is 0.378 e. The molecule has 0 radical (unpaired) electrons. The molecule has 6 N–H and O–H groups in total. The molecule has 0 bridgehead atoms. The number of nitrogens with zero attached hydrogens (tertiary/aromatic N) is 7. The van der Waals surface area contributed by atoms with Gasteiger partial charge in [-0.25, -0.2) is 9.67 Å². The number of H-pyrrole nitrogens is 1. The van der Waals surface area contributed by atoms with Crippen LogP contribution in [0, 0.1) is 0 Å². The van der Waals surface area contributed by atoms with E-state index in [1.54, 1.807) is 17.1 Å². The molecule has 150 valence electrons. The maximum Gasteiger partial charge on any atom is 0.267 e. The van der Waals surface area contributed by atoms with Crippen LogP contribution in [0.3, 0.4) is 0 Å². The molecule has 1 aliphatic rings. The third-order valence-corrected chi connectivity index (χ3v) is 4.55. The zero-order chi connectivity index (χ0) is 20.6. The Balaban J connectivity index is 1.79. The average molecular weight is 399 g/mol. The topological polar surface area (TPSA) is 205 Å². The van der Waals surface area contributed by atoms with E-state index in [0.29, 0.717) is 34.5 Å². The maximum absolute atomic E-state index is 12.0. The normalized spacial score (nSPS) is 18.4. The first kappa shape index (κ1) is 18.3. The number of tetrazole rings is 1. The minimum atomic E-state index is -1.65. The van der Waals surface area contributed by atoms with Crippen molar-refractivity contribution in [2.75, 3.05) is 5.32 Å². The van der Waals surface area contributed by atoms with E-state index in [1.807, 2.05) is 6.92 Å². The zero-order valence-corrected chi connectivity index (χ0v) is 15.3. The van der Waals surface area contributed by atoms with E-state index in [1.165, 1.54) is 0 Å². The minimum absolute atomic E-state index is 0.0543. The van der Waals surface area contributed by atoms with Crippen LogP contribution in [-0.2, 0) is 21.0 Å². The fraction of sp³-hybridized carbons (Fsp3) is 0.333. The number of rotatable bonds is 7. The molecule has 3 aromatic heterocycles. The molecule has 1 unspecified atom stereocenters. The van der Waals surface area contributed by atoms with Crippen molar-refractivity contribution in [1.82, 2.24) is 35.4 Å². The van der Waals surface area contributed by atoms with Crippen LogP contribution < -0.4 is 16.8 Å². The van der Waals surface area contributed by atoms with Crippen LogP contribution in [0.25, 0.3) is 11.0 Å². The molecule has 0 aliphatic carbocycles. The monoisotopic (exact) mass is 399 g/mol. The molecule has 4 heterocycles. The Morgan fingerprint density at radius 1 is 1.38 bits per heavy atom. The van der Waals surface area contributed by atoms with Crippen LogP contribution >= 0.6 is 0 Å². The number of carbonyl (C=O) groups excluding carboxylic acids is 2. The predicted molar refractivity (Wildman–Crippen MR) is 98.6 cm³/mol. The average Bonchev–Trinajstić information content (AvgIpc) is 3.41. The van der Waals surface area contributed by atoms with Crippen molar-refractivity contribution in [3.05, 3.63) is 18.0 Å². The summed E-state index contributed by atoms with van der Waals surface area (Å²) in [6.07, 6.45) is 2.74. The van der Waals surface area contributed by atoms with Crippen molar-refractivity contribution in [1.29, 1.82) is 0 Å². The minimum Gasteiger partial charge on any atom is -0.378 e. The molecule has 2 amide bonds. The summed E-state index contributed by atoms with van der Waals surface area (Å²) in [5.41, 5.74) is 11.1. The molecule has 4 rings (SSSR count). The third-order valence-electron chi connectivity index (χ3n) is 4.55. The number of aryl methyl sites for hydroxylation is 1. The molecule has 0 saturated heterocycles. The molecule has 0 aromatic carbocycles. The van der Waals surface area contributed by atoms with Crippen molar-refractivity contribution >= 4 is 40.2 Å². The van der Waals surface area contributed by atoms with Crippen LogP contribution in [0.2, 0.25) is 0 Å². The quantitative estimate of drug-likeness (QED) is 0.381. The lowest BCUT2D eigenvalue weighted by Crippen LogP contribution is -2.47. The van der Waals surface area contributed by atoms with Gasteiger partial charge in [0.2, 0.25) is 11.5 Å². The Hall–Kier alpha value is -4.10. The number of nitrogens with one attached hydrogen (secondary N) is 2. The van der Waals surface area contributed by atoms with Gasteiger partial charge in [-0.2, -0.15) is 10.3 Å². The lowest BCUT2D eigenvalue weighted by atomic mass is 9.90. The van der Waals surface area contributed by atoms with E-state index in [2.05, 4.69) is 41.2 Å². The fourth-order valence-corrected chi connectivity index (χ4v) is 3.16. The first-order valence-corrected chi connectivity index (χ1v) is 8.62. The highest BCUT2D eigenvalue weighted by atomic mass is 16.7. The number of carbonyl (C=O) groups is 2. The Morgan fingerprint density at radius 3 is 2.86 bits per heavy atom. The fourth-order valence-electron chi connectivity index (χ4n) is 3.16. The summed E-state index contributed by atoms with van der Waals surface area (Å²) < 4.78 is 1.72. The lowest BCUT2D eigenvalue weighted by Gasteiger charge is -2.20. The summed E-state index contributed by atoms with van der Waals surface area (Å²) in [6, 6.07) is 0. The van der Waals surface area contributed by atoms with Gasteiger partial charge in [-0.15, -0.1) is 5.10 Å². The highest BCUT2D eigenvalue weighted by Gasteiger charge is 2.47. The van der Waals surface area contributed by atoms with E-state index in [0.717, 1.165) is 0 Å². The van der Waals surface area contributed by atoms with Crippen molar-refractivity contribution in [3.8, 4) is 0 Å². The molecular weight excluding hydrogens is 382 g/mol. The number of oxime groups is 1. The number of aromatic nitrogens is 7. The molecule has 0 fully saturated rings. The Morgan fingerprint density at radius 2 is 2.21 bits per heavy atom. The highest BCUT2D eigenvalue weighted by molar-refractivity contribution is 6.13. The van der Waals surface area contributed by atoms with Crippen molar-refractivity contribution in [3.63, 3.8) is 0 Å². The number of primary amides is 2.